The lowest BCUT2D eigenvalue weighted by Gasteiger charge is -2.39. The van der Waals surface area contributed by atoms with Crippen molar-refractivity contribution in [2.75, 3.05) is 61.8 Å². The third kappa shape index (κ3) is 10.8. The molecule has 0 saturated carbocycles. The van der Waals surface area contributed by atoms with E-state index in [0.29, 0.717) is 69.3 Å². The van der Waals surface area contributed by atoms with E-state index >= 15 is 0 Å². The molecule has 2 aliphatic heterocycles. The van der Waals surface area contributed by atoms with Crippen molar-refractivity contribution in [2.45, 2.75) is 69.5 Å². The molecule has 18 heteroatoms. The SMILES string of the molecule is CC1(C)CCC(CN2CCN(c3ccc(C(=O)CS(=O)(=O)c4ccc(NC[C@@H]5CCCCO5)c([N+](=O)[O-])c4)c(Oc4cnc5[nH]ccc5c4)c3)CC2)=C(c2ccc(C(F)(F)F)cc2Cl)C1. The van der Waals surface area contributed by atoms with E-state index in [-0.39, 0.29) is 38.4 Å². The highest BCUT2D eigenvalue weighted by molar-refractivity contribution is 7.92. The minimum Gasteiger partial charge on any atom is -0.455 e. The molecule has 2 saturated heterocycles. The number of nitrogens with one attached hydrogen (secondary N) is 2. The first-order valence-electron chi connectivity index (χ1n) is 21.6. The van der Waals surface area contributed by atoms with Gasteiger partial charge in [0.1, 0.15) is 28.6 Å². The van der Waals surface area contributed by atoms with Crippen LogP contribution in [0.1, 0.15) is 73.9 Å². The highest BCUT2D eigenvalue weighted by atomic mass is 35.5. The number of hydrogen-bond acceptors (Lipinski definition) is 11. The Morgan fingerprint density at radius 3 is 2.58 bits per heavy atom. The maximum Gasteiger partial charge on any atom is 0.416 e. The van der Waals surface area contributed by atoms with Crippen LogP contribution in [0, 0.1) is 15.5 Å². The largest absolute Gasteiger partial charge is 0.455 e. The predicted octanol–water partition coefficient (Wildman–Crippen LogP) is 10.4. The molecule has 0 radical (unpaired) electrons. The predicted molar refractivity (Wildman–Crippen MR) is 244 cm³/mol. The van der Waals surface area contributed by atoms with Gasteiger partial charge < -0.3 is 24.7 Å². The number of nitrogens with zero attached hydrogens (tertiary/aromatic N) is 4. The molecule has 0 bridgehead atoms. The van der Waals surface area contributed by atoms with Crippen LogP contribution >= 0.6 is 11.6 Å². The molecule has 8 rings (SSSR count). The molecule has 4 heterocycles. The zero-order chi connectivity index (χ0) is 46.1. The number of benzene rings is 3. The number of rotatable bonds is 14. The average molecular weight is 935 g/mol. The fraction of sp³-hybridized carbons (Fsp3) is 0.404. The van der Waals surface area contributed by atoms with Crippen LogP contribution in [-0.4, -0.2) is 91.7 Å². The summed E-state index contributed by atoms with van der Waals surface area (Å²) >= 11 is 6.53. The van der Waals surface area contributed by atoms with Crippen LogP contribution in [0.5, 0.6) is 11.5 Å². The van der Waals surface area contributed by atoms with Crippen molar-refractivity contribution >= 4 is 60.9 Å². The van der Waals surface area contributed by atoms with Crippen LogP contribution in [-0.2, 0) is 20.8 Å². The van der Waals surface area contributed by atoms with Crippen molar-refractivity contribution in [1.82, 2.24) is 14.9 Å². The topological polar surface area (TPSA) is 160 Å². The van der Waals surface area contributed by atoms with E-state index in [1.165, 1.54) is 30.5 Å². The van der Waals surface area contributed by atoms with Crippen molar-refractivity contribution in [2.24, 2.45) is 5.41 Å². The van der Waals surface area contributed by atoms with E-state index in [0.717, 1.165) is 72.5 Å². The summed E-state index contributed by atoms with van der Waals surface area (Å²) in [5, 5.41) is 16.0. The minimum absolute atomic E-state index is 0.00649. The van der Waals surface area contributed by atoms with E-state index in [4.69, 9.17) is 21.1 Å². The van der Waals surface area contributed by atoms with Gasteiger partial charge in [-0.1, -0.05) is 37.1 Å². The van der Waals surface area contributed by atoms with Gasteiger partial charge in [0.2, 0.25) is 0 Å². The van der Waals surface area contributed by atoms with Crippen LogP contribution in [0.15, 0.2) is 89.6 Å². The number of fused-ring (bicyclic) bond motifs is 1. The highest BCUT2D eigenvalue weighted by Crippen LogP contribution is 2.46. The van der Waals surface area contributed by atoms with Crippen molar-refractivity contribution in [3.63, 3.8) is 0 Å². The second kappa shape index (κ2) is 18.8. The summed E-state index contributed by atoms with van der Waals surface area (Å²) in [4.78, 5) is 37.0. The molecule has 5 aromatic rings. The molecule has 65 heavy (non-hydrogen) atoms. The van der Waals surface area contributed by atoms with Crippen LogP contribution in [0.4, 0.5) is 30.2 Å². The first-order valence-corrected chi connectivity index (χ1v) is 23.7. The molecule has 13 nitrogen and oxygen atoms in total. The Labute approximate surface area is 380 Å². The van der Waals surface area contributed by atoms with Crippen molar-refractivity contribution in [3.8, 4) is 11.5 Å². The number of allylic oxidation sites excluding steroid dienone is 1. The van der Waals surface area contributed by atoms with Gasteiger partial charge in [0, 0.05) is 80.3 Å². The molecule has 1 aliphatic carbocycles. The molecule has 0 amide bonds. The summed E-state index contributed by atoms with van der Waals surface area (Å²) in [6.45, 7) is 8.43. The molecule has 1 atom stereocenters. The Hall–Kier alpha value is -5.49. The van der Waals surface area contributed by atoms with Gasteiger partial charge in [-0.2, -0.15) is 13.2 Å². The van der Waals surface area contributed by atoms with E-state index in [9.17, 15) is 36.5 Å². The third-order valence-corrected chi connectivity index (χ3v) is 14.4. The zero-order valence-corrected chi connectivity index (χ0v) is 37.6. The Kier molecular flexibility index (Phi) is 13.3. The summed E-state index contributed by atoms with van der Waals surface area (Å²) < 4.78 is 80.1. The van der Waals surface area contributed by atoms with Crippen LogP contribution < -0.4 is 15.0 Å². The maximum atomic E-state index is 14.0. The number of halogens is 4. The molecule has 2 fully saturated rings. The maximum absolute atomic E-state index is 14.0. The number of sulfone groups is 1. The number of ketones is 1. The normalized spacial score (nSPS) is 18.5. The number of pyridine rings is 1. The Bertz CT molecular complexity index is 2750. The summed E-state index contributed by atoms with van der Waals surface area (Å²) in [7, 11) is -4.37. The smallest absolute Gasteiger partial charge is 0.416 e. The lowest BCUT2D eigenvalue weighted by Crippen LogP contribution is -2.47. The minimum atomic E-state index is -4.49. The first-order chi connectivity index (χ1) is 30.9. The number of Topliss-reactive ketones (excluding diaryl/α,β-unsaturated/α-hetero) is 1. The number of anilines is 2. The highest BCUT2D eigenvalue weighted by Gasteiger charge is 2.34. The number of hydrogen-bond donors (Lipinski definition) is 2. The number of carbonyl (C=O) groups is 1. The van der Waals surface area contributed by atoms with E-state index in [1.54, 1.807) is 24.4 Å². The van der Waals surface area contributed by atoms with Gasteiger partial charge in [-0.15, -0.1) is 0 Å². The molecule has 0 spiro atoms. The monoisotopic (exact) mass is 934 g/mol. The van der Waals surface area contributed by atoms with Gasteiger partial charge in [0.25, 0.3) is 5.69 Å². The Balaban J connectivity index is 1.01. The average Bonchev–Trinajstić information content (AvgIpc) is 3.74. The molecule has 0 unspecified atom stereocenters. The van der Waals surface area contributed by atoms with Crippen LogP contribution in [0.25, 0.3) is 16.6 Å². The summed E-state index contributed by atoms with van der Waals surface area (Å²) in [6, 6.07) is 15.7. The summed E-state index contributed by atoms with van der Waals surface area (Å²) in [6.07, 6.45) is 3.79. The molecule has 2 N–H and O–H groups in total. The number of aromatic amines is 1. The first kappa shape index (κ1) is 46.1. The van der Waals surface area contributed by atoms with Crippen molar-refractivity contribution in [3.05, 3.63) is 117 Å². The van der Waals surface area contributed by atoms with Gasteiger partial charge >= 0.3 is 6.18 Å². The third-order valence-electron chi connectivity index (χ3n) is 12.5. The fourth-order valence-corrected chi connectivity index (χ4v) is 10.3. The van der Waals surface area contributed by atoms with Gasteiger partial charge in [-0.25, -0.2) is 13.4 Å². The number of carbonyl (C=O) groups excluding carboxylic acids is 1. The second-order valence-corrected chi connectivity index (χ2v) is 20.1. The molecule has 344 valence electrons. The lowest BCUT2D eigenvalue weighted by atomic mass is 9.72. The number of nitro benzene ring substituents is 1. The van der Waals surface area contributed by atoms with E-state index in [2.05, 4.69) is 38.9 Å². The van der Waals surface area contributed by atoms with Gasteiger partial charge in [0.05, 0.1) is 33.2 Å². The number of nitro groups is 1. The van der Waals surface area contributed by atoms with Crippen molar-refractivity contribution in [1.29, 1.82) is 0 Å². The van der Waals surface area contributed by atoms with Crippen LogP contribution in [0.2, 0.25) is 5.02 Å². The molecule has 3 aromatic carbocycles. The number of H-pyrrole nitrogens is 1. The van der Waals surface area contributed by atoms with Crippen molar-refractivity contribution < 1.29 is 40.8 Å². The Morgan fingerprint density at radius 2 is 1.86 bits per heavy atom. The quantitative estimate of drug-likeness (QED) is 0.0620. The molecular weight excluding hydrogens is 885 g/mol. The lowest BCUT2D eigenvalue weighted by molar-refractivity contribution is -0.384. The van der Waals surface area contributed by atoms with E-state index < -0.39 is 43.7 Å². The molecule has 3 aliphatic rings. The summed E-state index contributed by atoms with van der Waals surface area (Å²) in [5.41, 5.74) is 3.06. The van der Waals surface area contributed by atoms with Gasteiger partial charge in [0.15, 0.2) is 15.6 Å². The number of piperazine rings is 1. The van der Waals surface area contributed by atoms with Gasteiger partial charge in [-0.05, 0) is 104 Å². The zero-order valence-electron chi connectivity index (χ0n) is 36.0. The number of ether oxygens (including phenoxy) is 2. The molecular formula is C47H50ClF3N6O7S. The number of aromatic nitrogens is 2. The fourth-order valence-electron chi connectivity index (χ4n) is 8.82. The summed E-state index contributed by atoms with van der Waals surface area (Å²) in [5.74, 6) is -1.30. The molecule has 2 aromatic heterocycles. The second-order valence-electron chi connectivity index (χ2n) is 17.7. The van der Waals surface area contributed by atoms with Gasteiger partial charge in [-0.3, -0.25) is 19.8 Å². The van der Waals surface area contributed by atoms with Crippen LogP contribution in [0.3, 0.4) is 0 Å². The standard InChI is InChI=1S/C47H50ClF3N6O7S/c1-46(2)14-12-31(39(25-46)37-9-6-32(22-40(37)48)47(49,50)51)28-55-16-18-56(19-17-55)33-7-10-38(44(23-33)64-35-21-30-13-15-52-45(30)54-27-35)43(58)29-65(61,62)36-8-11-41(42(24-36)57(59)60)53-26-34-5-3-4-20-63-34/h6-11,13,15,21-24,27,34,53H,3-5,12,14,16-20,25-26,28-29H2,1-2H3,(H,52,54)/t34-/m0/s1. The Morgan fingerprint density at radius 1 is 1.06 bits per heavy atom. The number of alkyl halides is 3. The van der Waals surface area contributed by atoms with E-state index in [1.807, 2.05) is 6.07 Å².